The maximum atomic E-state index is 12.0. The quantitative estimate of drug-likeness (QED) is 0.612. The van der Waals surface area contributed by atoms with Gasteiger partial charge in [-0.15, -0.1) is 24.8 Å². The molecule has 0 spiro atoms. The highest BCUT2D eigenvalue weighted by Crippen LogP contribution is 2.27. The molecule has 0 saturated carbocycles. The molecule has 94 valence electrons. The summed E-state index contributed by atoms with van der Waals surface area (Å²) in [6.45, 7) is 0. The lowest BCUT2D eigenvalue weighted by Crippen LogP contribution is -2.17. The Morgan fingerprint density at radius 2 is 2.00 bits per heavy atom. The van der Waals surface area contributed by atoms with Crippen LogP contribution in [0, 0.1) is 0 Å². The van der Waals surface area contributed by atoms with E-state index in [0.29, 0.717) is 4.47 Å². The Morgan fingerprint density at radius 3 is 2.53 bits per heavy atom. The Morgan fingerprint density at radius 1 is 1.35 bits per heavy atom. The highest BCUT2D eigenvalue weighted by molar-refractivity contribution is 9.10. The number of ether oxygens (including phenoxy) is 1. The molecule has 2 nitrogen and oxygen atoms in total. The minimum absolute atomic E-state index is 0.0590. The monoisotopic (exact) mass is 330 g/mol. The van der Waals surface area contributed by atoms with E-state index in [1.807, 2.05) is 0 Å². The summed E-state index contributed by atoms with van der Waals surface area (Å²) in [4.78, 5) is 11.5. The third-order valence-electron chi connectivity index (χ3n) is 1.75. The van der Waals surface area contributed by atoms with E-state index in [0.717, 1.165) is 12.1 Å². The Hall–Kier alpha value is -0.750. The number of Topliss-reactive ketones (excluding diaryl/α,β-unsaturated/α-hetero) is 1. The van der Waals surface area contributed by atoms with Crippen molar-refractivity contribution in [2.75, 3.05) is 5.88 Å². The number of hydrogen-bond acceptors (Lipinski definition) is 2. The van der Waals surface area contributed by atoms with Gasteiger partial charge in [-0.05, 0) is 18.2 Å². The Kier molecular flexibility index (Phi) is 4.82. The largest absolute Gasteiger partial charge is 0.573 e. The molecule has 0 saturated heterocycles. The first-order valence-electron chi connectivity index (χ1n) is 4.47. The van der Waals surface area contributed by atoms with Gasteiger partial charge in [0.15, 0.2) is 5.78 Å². The van der Waals surface area contributed by atoms with E-state index in [1.54, 1.807) is 0 Å². The second-order valence-electron chi connectivity index (χ2n) is 3.09. The minimum Gasteiger partial charge on any atom is -0.406 e. The van der Waals surface area contributed by atoms with Gasteiger partial charge in [-0.1, -0.05) is 15.9 Å². The second-order valence-corrected chi connectivity index (χ2v) is 4.38. The Balaban J connectivity index is 2.98. The summed E-state index contributed by atoms with van der Waals surface area (Å²) >= 11 is 8.40. The van der Waals surface area contributed by atoms with Crippen LogP contribution in [0.25, 0.3) is 0 Å². The van der Waals surface area contributed by atoms with Crippen molar-refractivity contribution >= 4 is 33.3 Å². The predicted molar refractivity (Wildman–Crippen MR) is 60.5 cm³/mol. The zero-order chi connectivity index (χ0) is 13.1. The van der Waals surface area contributed by atoms with Crippen LogP contribution in [-0.4, -0.2) is 18.0 Å². The summed E-state index contributed by atoms with van der Waals surface area (Å²) in [5.74, 6) is -0.668. The van der Waals surface area contributed by atoms with Gasteiger partial charge >= 0.3 is 6.36 Å². The fraction of sp³-hybridized carbons (Fsp3) is 0.300. The lowest BCUT2D eigenvalue weighted by Gasteiger charge is -2.10. The van der Waals surface area contributed by atoms with Crippen molar-refractivity contribution in [3.05, 3.63) is 28.2 Å². The van der Waals surface area contributed by atoms with Gasteiger partial charge in [-0.2, -0.15) is 0 Å². The average molecular weight is 332 g/mol. The number of carbonyl (C=O) groups excluding carboxylic acids is 1. The van der Waals surface area contributed by atoms with Gasteiger partial charge in [-0.25, -0.2) is 0 Å². The van der Waals surface area contributed by atoms with Crippen molar-refractivity contribution in [2.45, 2.75) is 12.8 Å². The molecule has 17 heavy (non-hydrogen) atoms. The Bertz CT molecular complexity index is 421. The van der Waals surface area contributed by atoms with Crippen LogP contribution in [-0.2, 0) is 0 Å². The summed E-state index contributed by atoms with van der Waals surface area (Å²) in [6.07, 6.45) is -4.73. The molecule has 0 heterocycles. The molecule has 0 N–H and O–H groups in total. The van der Waals surface area contributed by atoms with Gasteiger partial charge in [-0.3, -0.25) is 4.79 Å². The standard InChI is InChI=1S/C10H7BrClF3O2/c11-7-3-6(9(16)1-2-12)4-8(5-7)17-10(13,14)15/h3-5H,1-2H2. The molecule has 0 radical (unpaired) electrons. The number of hydrogen-bond donors (Lipinski definition) is 0. The van der Waals surface area contributed by atoms with Crippen molar-refractivity contribution in [2.24, 2.45) is 0 Å². The molecule has 0 aliphatic heterocycles. The molecule has 0 aliphatic rings. The smallest absolute Gasteiger partial charge is 0.406 e. The maximum Gasteiger partial charge on any atom is 0.573 e. The van der Waals surface area contributed by atoms with E-state index in [9.17, 15) is 18.0 Å². The van der Waals surface area contributed by atoms with E-state index in [1.165, 1.54) is 6.07 Å². The fourth-order valence-electron chi connectivity index (χ4n) is 1.15. The van der Waals surface area contributed by atoms with Crippen LogP contribution in [0.4, 0.5) is 13.2 Å². The van der Waals surface area contributed by atoms with E-state index >= 15 is 0 Å². The topological polar surface area (TPSA) is 26.3 Å². The third-order valence-corrected chi connectivity index (χ3v) is 2.40. The summed E-state index contributed by atoms with van der Waals surface area (Å²) in [6, 6.07) is 3.58. The average Bonchev–Trinajstić information content (AvgIpc) is 2.14. The lowest BCUT2D eigenvalue weighted by molar-refractivity contribution is -0.274. The third kappa shape index (κ3) is 4.95. The van der Waals surface area contributed by atoms with Gasteiger partial charge in [0.2, 0.25) is 0 Å². The zero-order valence-electron chi connectivity index (χ0n) is 8.35. The second kappa shape index (κ2) is 5.73. The first-order chi connectivity index (χ1) is 7.81. The zero-order valence-corrected chi connectivity index (χ0v) is 10.7. The van der Waals surface area contributed by atoms with Crippen molar-refractivity contribution < 1.29 is 22.7 Å². The van der Waals surface area contributed by atoms with Crippen LogP contribution in [0.15, 0.2) is 22.7 Å². The van der Waals surface area contributed by atoms with Gasteiger partial charge < -0.3 is 4.74 Å². The minimum atomic E-state index is -4.78. The summed E-state index contributed by atoms with van der Waals surface area (Å²) < 4.78 is 40.1. The lowest BCUT2D eigenvalue weighted by atomic mass is 10.1. The van der Waals surface area contributed by atoms with Crippen LogP contribution in [0.1, 0.15) is 16.8 Å². The predicted octanol–water partition coefficient (Wildman–Crippen LogP) is 4.16. The van der Waals surface area contributed by atoms with Crippen LogP contribution < -0.4 is 4.74 Å². The summed E-state index contributed by atoms with van der Waals surface area (Å²) in [7, 11) is 0. The highest BCUT2D eigenvalue weighted by Gasteiger charge is 2.31. The molecular weight excluding hydrogens is 324 g/mol. The fourth-order valence-corrected chi connectivity index (χ4v) is 1.79. The molecular formula is C10H7BrClF3O2. The molecule has 0 atom stereocenters. The van der Waals surface area contributed by atoms with E-state index in [4.69, 9.17) is 11.6 Å². The van der Waals surface area contributed by atoms with E-state index < -0.39 is 12.1 Å². The van der Waals surface area contributed by atoms with Crippen molar-refractivity contribution in [1.82, 2.24) is 0 Å². The van der Waals surface area contributed by atoms with Crippen molar-refractivity contribution in [3.63, 3.8) is 0 Å². The van der Waals surface area contributed by atoms with Crippen LogP contribution in [0.3, 0.4) is 0 Å². The maximum absolute atomic E-state index is 12.0. The normalized spacial score (nSPS) is 11.4. The number of alkyl halides is 4. The van der Waals surface area contributed by atoms with E-state index in [-0.39, 0.29) is 23.6 Å². The number of ketones is 1. The molecule has 0 aliphatic carbocycles. The number of carbonyl (C=O) groups is 1. The summed E-state index contributed by atoms with van der Waals surface area (Å²) in [5.41, 5.74) is 0.124. The molecule has 1 aromatic rings. The van der Waals surface area contributed by atoms with Gasteiger partial charge in [0.05, 0.1) is 0 Å². The van der Waals surface area contributed by atoms with Crippen LogP contribution in [0.2, 0.25) is 0 Å². The van der Waals surface area contributed by atoms with Gasteiger partial charge in [0.1, 0.15) is 5.75 Å². The Labute approximate surface area is 109 Å². The summed E-state index contributed by atoms with van der Waals surface area (Å²) in [5, 5.41) is 0. The molecule has 0 aromatic heterocycles. The first-order valence-corrected chi connectivity index (χ1v) is 5.80. The van der Waals surface area contributed by atoms with Crippen LogP contribution in [0.5, 0.6) is 5.75 Å². The molecule has 0 unspecified atom stereocenters. The molecule has 0 fully saturated rings. The number of benzene rings is 1. The molecule has 1 rings (SSSR count). The van der Waals surface area contributed by atoms with Crippen LogP contribution >= 0.6 is 27.5 Å². The van der Waals surface area contributed by atoms with Crippen molar-refractivity contribution in [1.29, 1.82) is 0 Å². The van der Waals surface area contributed by atoms with Crippen molar-refractivity contribution in [3.8, 4) is 5.75 Å². The molecule has 0 amide bonds. The number of rotatable bonds is 4. The molecule has 7 heteroatoms. The molecule has 1 aromatic carbocycles. The highest BCUT2D eigenvalue weighted by atomic mass is 79.9. The molecule has 0 bridgehead atoms. The SMILES string of the molecule is O=C(CCCl)c1cc(Br)cc(OC(F)(F)F)c1. The van der Waals surface area contributed by atoms with E-state index in [2.05, 4.69) is 20.7 Å². The number of halogens is 5. The van der Waals surface area contributed by atoms with Gasteiger partial charge in [0.25, 0.3) is 0 Å². The first kappa shape index (κ1) is 14.3. The van der Waals surface area contributed by atoms with Gasteiger partial charge in [0, 0.05) is 22.3 Å².